The van der Waals surface area contributed by atoms with Crippen molar-refractivity contribution in [1.29, 1.82) is 0 Å². The van der Waals surface area contributed by atoms with E-state index in [4.69, 9.17) is 10.5 Å². The first-order valence-electron chi connectivity index (χ1n) is 5.95. The molecule has 0 aliphatic rings. The fourth-order valence-corrected chi connectivity index (χ4v) is 2.79. The average Bonchev–Trinajstić information content (AvgIpc) is 2.46. The van der Waals surface area contributed by atoms with Crippen LogP contribution in [0.3, 0.4) is 0 Å². The molecule has 0 spiro atoms. The minimum absolute atomic E-state index is 0.0679. The van der Waals surface area contributed by atoms with Crippen molar-refractivity contribution in [3.05, 3.63) is 48.0 Å². The summed E-state index contributed by atoms with van der Waals surface area (Å²) in [5.74, 6) is -1.01. The van der Waals surface area contributed by atoms with Crippen molar-refractivity contribution in [1.82, 2.24) is 9.71 Å². The molecule has 2 rings (SSSR count). The van der Waals surface area contributed by atoms with Crippen LogP contribution in [0.5, 0.6) is 5.75 Å². The topological polar surface area (TPSA) is 94.3 Å². The number of methoxy groups -OCH3 is 1. The monoisotopic (exact) mass is 311 g/mol. The molecule has 6 nitrogen and oxygen atoms in total. The fraction of sp³-hybridized carbons (Fsp3) is 0.154. The molecular weight excluding hydrogens is 297 g/mol. The summed E-state index contributed by atoms with van der Waals surface area (Å²) in [5, 5.41) is 0. The van der Waals surface area contributed by atoms with Crippen LogP contribution in [0.15, 0.2) is 41.6 Å². The van der Waals surface area contributed by atoms with Crippen LogP contribution in [-0.4, -0.2) is 20.5 Å². The Balaban J connectivity index is 2.24. The summed E-state index contributed by atoms with van der Waals surface area (Å²) in [4.78, 5) is 3.58. The Bertz CT molecular complexity index is 713. The Kier molecular flexibility index (Phi) is 4.39. The average molecular weight is 311 g/mol. The van der Waals surface area contributed by atoms with E-state index in [2.05, 4.69) is 9.71 Å². The highest BCUT2D eigenvalue weighted by atomic mass is 32.2. The van der Waals surface area contributed by atoms with Gasteiger partial charge in [0.25, 0.3) is 0 Å². The first-order chi connectivity index (χ1) is 9.94. The second-order valence-electron chi connectivity index (χ2n) is 4.21. The SMILES string of the molecule is COc1c(N)cc(S(=O)(=O)NCc2ccncc2)cc1F. The van der Waals surface area contributed by atoms with Gasteiger partial charge >= 0.3 is 0 Å². The predicted octanol–water partition coefficient (Wildman–Crippen LogP) is 1.29. The van der Waals surface area contributed by atoms with Gasteiger partial charge in [-0.05, 0) is 29.8 Å². The molecule has 2 aromatic rings. The van der Waals surface area contributed by atoms with Crippen LogP contribution in [0, 0.1) is 5.82 Å². The van der Waals surface area contributed by atoms with Gasteiger partial charge in [-0.15, -0.1) is 0 Å². The van der Waals surface area contributed by atoms with Crippen LogP contribution in [0.25, 0.3) is 0 Å². The maximum Gasteiger partial charge on any atom is 0.241 e. The zero-order chi connectivity index (χ0) is 15.5. The van der Waals surface area contributed by atoms with Gasteiger partial charge in [-0.2, -0.15) is 0 Å². The molecule has 8 heteroatoms. The van der Waals surface area contributed by atoms with Gasteiger partial charge in [-0.3, -0.25) is 4.98 Å². The normalized spacial score (nSPS) is 11.3. The number of rotatable bonds is 5. The molecule has 0 bridgehead atoms. The van der Waals surface area contributed by atoms with Crippen molar-refractivity contribution < 1.29 is 17.5 Å². The van der Waals surface area contributed by atoms with Crippen LogP contribution >= 0.6 is 0 Å². The number of ether oxygens (including phenoxy) is 1. The highest BCUT2D eigenvalue weighted by Crippen LogP contribution is 2.28. The van der Waals surface area contributed by atoms with Crippen molar-refractivity contribution in [3.63, 3.8) is 0 Å². The first-order valence-corrected chi connectivity index (χ1v) is 7.44. The standard InChI is InChI=1S/C13H14FN3O3S/c1-20-13-11(14)6-10(7-12(13)15)21(18,19)17-8-9-2-4-16-5-3-9/h2-7,17H,8,15H2,1H3. The molecule has 1 aromatic heterocycles. The number of benzene rings is 1. The van der Waals surface area contributed by atoms with Crippen LogP contribution in [0.1, 0.15) is 5.56 Å². The molecule has 0 fully saturated rings. The van der Waals surface area contributed by atoms with Gasteiger partial charge in [-0.1, -0.05) is 0 Å². The molecule has 3 N–H and O–H groups in total. The van der Waals surface area contributed by atoms with E-state index in [0.717, 1.165) is 17.7 Å². The number of anilines is 1. The van der Waals surface area contributed by atoms with Gasteiger partial charge in [-0.25, -0.2) is 17.5 Å². The van der Waals surface area contributed by atoms with Gasteiger partial charge in [0.2, 0.25) is 10.0 Å². The van der Waals surface area contributed by atoms with Gasteiger partial charge in [0.1, 0.15) is 0 Å². The van der Waals surface area contributed by atoms with Crippen LogP contribution in [0.4, 0.5) is 10.1 Å². The molecule has 0 amide bonds. The third-order valence-corrected chi connectivity index (χ3v) is 4.16. The molecule has 0 atom stereocenters. The quantitative estimate of drug-likeness (QED) is 0.811. The van der Waals surface area contributed by atoms with Crippen molar-refractivity contribution in [3.8, 4) is 5.75 Å². The Morgan fingerprint density at radius 2 is 2.00 bits per heavy atom. The summed E-state index contributed by atoms with van der Waals surface area (Å²) in [5.41, 5.74) is 6.22. The number of pyridine rings is 1. The van der Waals surface area contributed by atoms with E-state index in [1.54, 1.807) is 24.5 Å². The molecule has 0 aliphatic heterocycles. The molecule has 112 valence electrons. The molecule has 0 radical (unpaired) electrons. The van der Waals surface area contributed by atoms with E-state index in [9.17, 15) is 12.8 Å². The number of hydrogen-bond acceptors (Lipinski definition) is 5. The Labute approximate surface area is 121 Å². The van der Waals surface area contributed by atoms with Crippen LogP contribution < -0.4 is 15.2 Å². The largest absolute Gasteiger partial charge is 0.492 e. The molecule has 0 saturated heterocycles. The Morgan fingerprint density at radius 1 is 1.33 bits per heavy atom. The highest BCUT2D eigenvalue weighted by molar-refractivity contribution is 7.89. The Morgan fingerprint density at radius 3 is 2.57 bits per heavy atom. The maximum atomic E-state index is 13.7. The molecule has 21 heavy (non-hydrogen) atoms. The minimum atomic E-state index is -3.87. The van der Waals surface area contributed by atoms with Crippen molar-refractivity contribution in [2.45, 2.75) is 11.4 Å². The fourth-order valence-electron chi connectivity index (χ4n) is 1.72. The zero-order valence-electron chi connectivity index (χ0n) is 11.2. The van der Waals surface area contributed by atoms with E-state index in [-0.39, 0.29) is 22.9 Å². The number of nitrogens with one attached hydrogen (secondary N) is 1. The number of nitrogens with two attached hydrogens (primary N) is 1. The summed E-state index contributed by atoms with van der Waals surface area (Å²) >= 11 is 0. The second kappa shape index (κ2) is 6.06. The summed E-state index contributed by atoms with van der Waals surface area (Å²) in [6.07, 6.45) is 3.10. The Hall–Kier alpha value is -2.19. The van der Waals surface area contributed by atoms with Gasteiger partial charge in [0.15, 0.2) is 11.6 Å². The van der Waals surface area contributed by atoms with Gasteiger partial charge < -0.3 is 10.5 Å². The second-order valence-corrected chi connectivity index (χ2v) is 5.97. The number of hydrogen-bond donors (Lipinski definition) is 2. The third-order valence-electron chi connectivity index (χ3n) is 2.78. The lowest BCUT2D eigenvalue weighted by Crippen LogP contribution is -2.23. The molecule has 0 aliphatic carbocycles. The highest BCUT2D eigenvalue weighted by Gasteiger charge is 2.19. The van der Waals surface area contributed by atoms with E-state index in [1.165, 1.54) is 7.11 Å². The van der Waals surface area contributed by atoms with Gasteiger partial charge in [0.05, 0.1) is 17.7 Å². The molecule has 0 unspecified atom stereocenters. The first kappa shape index (κ1) is 15.2. The smallest absolute Gasteiger partial charge is 0.241 e. The summed E-state index contributed by atoms with van der Waals surface area (Å²) in [6, 6.07) is 5.36. The zero-order valence-corrected chi connectivity index (χ0v) is 12.0. The lowest BCUT2D eigenvalue weighted by Gasteiger charge is -2.10. The van der Waals surface area contributed by atoms with Crippen LogP contribution in [0.2, 0.25) is 0 Å². The lowest BCUT2D eigenvalue weighted by atomic mass is 10.3. The lowest BCUT2D eigenvalue weighted by molar-refractivity contribution is 0.388. The van der Waals surface area contributed by atoms with Crippen molar-refractivity contribution >= 4 is 15.7 Å². The summed E-state index contributed by atoms with van der Waals surface area (Å²) in [6.45, 7) is 0.0679. The van der Waals surface area contributed by atoms with E-state index in [0.29, 0.717) is 0 Å². The number of halogens is 1. The predicted molar refractivity (Wildman–Crippen MR) is 75.6 cm³/mol. The minimum Gasteiger partial charge on any atom is -0.492 e. The van der Waals surface area contributed by atoms with Gasteiger partial charge in [0, 0.05) is 18.9 Å². The third kappa shape index (κ3) is 3.47. The number of nitrogens with zero attached hydrogens (tertiary/aromatic N) is 1. The number of nitrogen functional groups attached to an aromatic ring is 1. The summed E-state index contributed by atoms with van der Waals surface area (Å²) < 4.78 is 45.1. The van der Waals surface area contributed by atoms with E-state index < -0.39 is 15.8 Å². The summed E-state index contributed by atoms with van der Waals surface area (Å²) in [7, 11) is -2.62. The van der Waals surface area contributed by atoms with E-state index >= 15 is 0 Å². The molecular formula is C13H14FN3O3S. The number of sulfonamides is 1. The molecule has 1 aromatic carbocycles. The van der Waals surface area contributed by atoms with Crippen molar-refractivity contribution in [2.75, 3.05) is 12.8 Å². The molecule has 0 saturated carbocycles. The maximum absolute atomic E-state index is 13.7. The van der Waals surface area contributed by atoms with E-state index in [1.807, 2.05) is 0 Å². The van der Waals surface area contributed by atoms with Crippen LogP contribution in [-0.2, 0) is 16.6 Å². The van der Waals surface area contributed by atoms with Crippen molar-refractivity contribution in [2.24, 2.45) is 0 Å². The number of aromatic nitrogens is 1. The molecule has 1 heterocycles.